The lowest BCUT2D eigenvalue weighted by Crippen LogP contribution is -2.25. The molecule has 1 aliphatic carbocycles. The highest BCUT2D eigenvalue weighted by atomic mass is 19.4. The molecule has 0 saturated heterocycles. The van der Waals surface area contributed by atoms with Gasteiger partial charge in [0.1, 0.15) is 18.2 Å². The largest absolute Gasteiger partial charge is 0.490 e. The number of carboxylic acids is 1. The number of alkyl halides is 3. The summed E-state index contributed by atoms with van der Waals surface area (Å²) in [4.78, 5) is 8.90. The fourth-order valence-electron chi connectivity index (χ4n) is 2.52. The molecule has 0 aliphatic heterocycles. The lowest BCUT2D eigenvalue weighted by Gasteiger charge is -2.19. The van der Waals surface area contributed by atoms with Crippen molar-refractivity contribution in [3.8, 4) is 5.75 Å². The summed E-state index contributed by atoms with van der Waals surface area (Å²) in [6, 6.07) is 14.8. The summed E-state index contributed by atoms with van der Waals surface area (Å²) in [6.07, 6.45) is -3.04. The lowest BCUT2D eigenvalue weighted by molar-refractivity contribution is -0.192. The van der Waals surface area contributed by atoms with Crippen LogP contribution in [0.1, 0.15) is 24.0 Å². The first kappa shape index (κ1) is 20.7. The molecule has 0 atom stereocenters. The van der Waals surface area contributed by atoms with Crippen molar-refractivity contribution in [2.24, 2.45) is 0 Å². The summed E-state index contributed by atoms with van der Waals surface area (Å²) < 4.78 is 51.2. The monoisotopic (exact) mass is 385 g/mol. The third-order valence-electron chi connectivity index (χ3n) is 4.17. The predicted octanol–water partition coefficient (Wildman–Crippen LogP) is 4.25. The van der Waals surface area contributed by atoms with Gasteiger partial charge in [-0.05, 0) is 43.7 Å². The minimum absolute atomic E-state index is 0.103. The molecule has 2 N–H and O–H groups in total. The van der Waals surface area contributed by atoms with Gasteiger partial charge in [0, 0.05) is 11.1 Å². The number of nitrogens with one attached hydrogen (secondary N) is 1. The van der Waals surface area contributed by atoms with E-state index in [1.165, 1.54) is 6.07 Å². The molecule has 8 heteroatoms. The maximum Gasteiger partial charge on any atom is 0.490 e. The normalized spacial score (nSPS) is 14.7. The molecular weight excluding hydrogens is 366 g/mol. The highest BCUT2D eigenvalue weighted by Crippen LogP contribution is 2.48. The van der Waals surface area contributed by atoms with Crippen LogP contribution in [0.2, 0.25) is 0 Å². The molecule has 4 nitrogen and oxygen atoms in total. The molecule has 0 aromatic heterocycles. The average Bonchev–Trinajstić information content (AvgIpc) is 3.42. The van der Waals surface area contributed by atoms with Crippen LogP contribution in [0.3, 0.4) is 0 Å². The lowest BCUT2D eigenvalue weighted by atomic mass is 10.0. The zero-order chi connectivity index (χ0) is 20.1. The molecule has 0 unspecified atom stereocenters. The van der Waals surface area contributed by atoms with Crippen molar-refractivity contribution in [1.29, 1.82) is 0 Å². The van der Waals surface area contributed by atoms with Gasteiger partial charge in [-0.2, -0.15) is 13.2 Å². The first-order chi connectivity index (χ1) is 12.7. The van der Waals surface area contributed by atoms with Crippen LogP contribution in [0.25, 0.3) is 0 Å². The van der Waals surface area contributed by atoms with Gasteiger partial charge >= 0.3 is 12.1 Å². The molecule has 1 fully saturated rings. The average molecular weight is 385 g/mol. The van der Waals surface area contributed by atoms with E-state index in [1.807, 2.05) is 37.4 Å². The van der Waals surface area contributed by atoms with Crippen LogP contribution in [0.4, 0.5) is 17.6 Å². The Balaban J connectivity index is 0.000000321. The van der Waals surface area contributed by atoms with Gasteiger partial charge in [-0.25, -0.2) is 9.18 Å². The number of hydrogen-bond acceptors (Lipinski definition) is 3. The first-order valence-electron chi connectivity index (χ1n) is 8.14. The van der Waals surface area contributed by atoms with Gasteiger partial charge in [0.15, 0.2) is 0 Å². The standard InChI is InChI=1S/C17H18FNO.C2HF3O2/c1-19-17(9-10-17)15-11-14(18)7-8-16(15)20-12-13-5-3-2-4-6-13;3-2(4,5)1(6)7/h2-8,11,19H,9-10,12H2,1H3;(H,6,7). The van der Waals surface area contributed by atoms with E-state index in [9.17, 15) is 17.6 Å². The van der Waals surface area contributed by atoms with Gasteiger partial charge in [-0.15, -0.1) is 0 Å². The highest BCUT2D eigenvalue weighted by Gasteiger charge is 2.45. The van der Waals surface area contributed by atoms with E-state index in [0.717, 1.165) is 29.7 Å². The fraction of sp³-hybridized carbons (Fsp3) is 0.316. The van der Waals surface area contributed by atoms with Crippen LogP contribution >= 0.6 is 0 Å². The molecule has 0 radical (unpaired) electrons. The second-order valence-corrected chi connectivity index (χ2v) is 6.05. The summed E-state index contributed by atoms with van der Waals surface area (Å²) in [5.41, 5.74) is 1.93. The molecule has 0 spiro atoms. The quantitative estimate of drug-likeness (QED) is 0.756. The number of aliphatic carboxylic acids is 1. The molecule has 2 aromatic carbocycles. The molecule has 0 amide bonds. The van der Waals surface area contributed by atoms with Crippen LogP contribution in [0, 0.1) is 5.82 Å². The fourth-order valence-corrected chi connectivity index (χ4v) is 2.52. The number of rotatable bonds is 5. The summed E-state index contributed by atoms with van der Waals surface area (Å²) in [5, 5.41) is 10.4. The molecule has 1 aliphatic rings. The molecular formula is C19H19F4NO3. The number of hydrogen-bond donors (Lipinski definition) is 2. The van der Waals surface area contributed by atoms with E-state index in [1.54, 1.807) is 12.1 Å². The van der Waals surface area contributed by atoms with Crippen molar-refractivity contribution < 1.29 is 32.2 Å². The van der Waals surface area contributed by atoms with E-state index >= 15 is 0 Å². The van der Waals surface area contributed by atoms with Crippen molar-refractivity contribution in [2.45, 2.75) is 31.2 Å². The summed E-state index contributed by atoms with van der Waals surface area (Å²) >= 11 is 0. The zero-order valence-corrected chi connectivity index (χ0v) is 14.5. The van der Waals surface area contributed by atoms with Crippen LogP contribution < -0.4 is 10.1 Å². The third kappa shape index (κ3) is 5.68. The Morgan fingerprint density at radius 2 is 1.78 bits per heavy atom. The van der Waals surface area contributed by atoms with Crippen molar-refractivity contribution in [3.63, 3.8) is 0 Å². The van der Waals surface area contributed by atoms with Crippen molar-refractivity contribution in [1.82, 2.24) is 5.32 Å². The molecule has 27 heavy (non-hydrogen) atoms. The Bertz CT molecular complexity index is 774. The second kappa shape index (κ2) is 8.39. The molecule has 146 valence electrons. The van der Waals surface area contributed by atoms with Crippen LogP contribution in [-0.2, 0) is 16.9 Å². The van der Waals surface area contributed by atoms with E-state index in [-0.39, 0.29) is 11.4 Å². The minimum atomic E-state index is -5.08. The summed E-state index contributed by atoms with van der Waals surface area (Å²) in [5.74, 6) is -2.21. The minimum Gasteiger partial charge on any atom is -0.489 e. The Morgan fingerprint density at radius 3 is 2.26 bits per heavy atom. The molecule has 0 heterocycles. The Hall–Kier alpha value is -2.61. The molecule has 3 rings (SSSR count). The van der Waals surface area contributed by atoms with Crippen molar-refractivity contribution >= 4 is 5.97 Å². The Kier molecular flexibility index (Phi) is 6.43. The van der Waals surface area contributed by atoms with E-state index in [0.29, 0.717) is 6.61 Å². The Morgan fingerprint density at radius 1 is 1.19 bits per heavy atom. The van der Waals surface area contributed by atoms with Gasteiger partial charge in [-0.3, -0.25) is 0 Å². The van der Waals surface area contributed by atoms with E-state index in [2.05, 4.69) is 5.32 Å². The maximum atomic E-state index is 13.5. The number of halogens is 4. The summed E-state index contributed by atoms with van der Waals surface area (Å²) in [6.45, 7) is 0.499. The number of carboxylic acid groups (broad SMARTS) is 1. The predicted molar refractivity (Wildman–Crippen MR) is 90.8 cm³/mol. The smallest absolute Gasteiger partial charge is 0.489 e. The van der Waals surface area contributed by atoms with Crippen molar-refractivity contribution in [3.05, 3.63) is 65.5 Å². The zero-order valence-electron chi connectivity index (χ0n) is 14.5. The first-order valence-corrected chi connectivity index (χ1v) is 8.14. The van der Waals surface area contributed by atoms with E-state index < -0.39 is 12.1 Å². The van der Waals surface area contributed by atoms with Crippen molar-refractivity contribution in [2.75, 3.05) is 7.05 Å². The number of carbonyl (C=O) groups is 1. The van der Waals surface area contributed by atoms with Gasteiger partial charge in [0.2, 0.25) is 0 Å². The SMILES string of the molecule is CNC1(c2cc(F)ccc2OCc2ccccc2)CC1.O=C(O)C(F)(F)F. The van der Waals surface area contributed by atoms with Gasteiger partial charge in [0.25, 0.3) is 0 Å². The summed E-state index contributed by atoms with van der Waals surface area (Å²) in [7, 11) is 1.92. The van der Waals surface area contributed by atoms with Gasteiger partial charge in [0.05, 0.1) is 0 Å². The molecule has 1 saturated carbocycles. The maximum absolute atomic E-state index is 13.5. The molecule has 0 bridgehead atoms. The highest BCUT2D eigenvalue weighted by molar-refractivity contribution is 5.73. The van der Waals surface area contributed by atoms with Crippen LogP contribution in [0.15, 0.2) is 48.5 Å². The van der Waals surface area contributed by atoms with Gasteiger partial charge < -0.3 is 15.2 Å². The Labute approximate surface area is 153 Å². The van der Waals surface area contributed by atoms with Crippen LogP contribution in [-0.4, -0.2) is 24.3 Å². The topological polar surface area (TPSA) is 58.6 Å². The number of ether oxygens (including phenoxy) is 1. The number of benzene rings is 2. The van der Waals surface area contributed by atoms with Crippen LogP contribution in [0.5, 0.6) is 5.75 Å². The second-order valence-electron chi connectivity index (χ2n) is 6.05. The third-order valence-corrected chi connectivity index (χ3v) is 4.17. The van der Waals surface area contributed by atoms with Gasteiger partial charge in [-0.1, -0.05) is 30.3 Å². The van der Waals surface area contributed by atoms with E-state index in [4.69, 9.17) is 14.6 Å². The molecule has 2 aromatic rings.